The lowest BCUT2D eigenvalue weighted by Gasteiger charge is -2.14. The molecule has 0 bridgehead atoms. The van der Waals surface area contributed by atoms with Crippen molar-refractivity contribution in [1.29, 1.82) is 0 Å². The number of H-pyrrole nitrogens is 1. The largest absolute Gasteiger partial charge is 0.345 e. The molecule has 3 heterocycles. The maximum Gasteiger partial charge on any atom is 0.242 e. The van der Waals surface area contributed by atoms with Gasteiger partial charge in [-0.15, -0.1) is 0 Å². The van der Waals surface area contributed by atoms with E-state index >= 15 is 0 Å². The van der Waals surface area contributed by atoms with Gasteiger partial charge < -0.3 is 9.88 Å². The quantitative estimate of drug-likeness (QED) is 0.817. The standard InChI is InChI=1S/C13H17ClN4O2S/c14-12-4-3-10-11(9-15-13(10)17-12)21(19,20)16-5-8-18-6-1-2-7-18/h3-4,9,16H,1-2,5-8H2,(H,15,17). The summed E-state index contributed by atoms with van der Waals surface area (Å²) in [5.74, 6) is 0. The van der Waals surface area contributed by atoms with E-state index in [-0.39, 0.29) is 4.90 Å². The van der Waals surface area contributed by atoms with Crippen LogP contribution >= 0.6 is 11.6 Å². The zero-order chi connectivity index (χ0) is 14.9. The van der Waals surface area contributed by atoms with Crippen molar-refractivity contribution in [3.05, 3.63) is 23.5 Å². The molecular weight excluding hydrogens is 312 g/mol. The van der Waals surface area contributed by atoms with Crippen LogP contribution in [-0.4, -0.2) is 49.5 Å². The highest BCUT2D eigenvalue weighted by molar-refractivity contribution is 7.89. The van der Waals surface area contributed by atoms with Crippen molar-refractivity contribution >= 4 is 32.7 Å². The van der Waals surface area contributed by atoms with Gasteiger partial charge in [-0.25, -0.2) is 18.1 Å². The topological polar surface area (TPSA) is 78.1 Å². The first kappa shape index (κ1) is 14.8. The Kier molecular flexibility index (Phi) is 4.17. The van der Waals surface area contributed by atoms with Gasteiger partial charge in [-0.3, -0.25) is 0 Å². The Balaban J connectivity index is 1.73. The molecule has 0 amide bonds. The number of hydrogen-bond donors (Lipinski definition) is 2. The van der Waals surface area contributed by atoms with E-state index in [1.807, 2.05) is 0 Å². The third-order valence-corrected chi connectivity index (χ3v) is 5.39. The Morgan fingerprint density at radius 3 is 2.86 bits per heavy atom. The van der Waals surface area contributed by atoms with Crippen molar-refractivity contribution in [2.75, 3.05) is 26.2 Å². The summed E-state index contributed by atoms with van der Waals surface area (Å²) >= 11 is 5.80. The molecule has 0 aliphatic carbocycles. The molecule has 0 spiro atoms. The molecule has 2 aromatic heterocycles. The Morgan fingerprint density at radius 2 is 2.10 bits per heavy atom. The molecule has 0 atom stereocenters. The number of sulfonamides is 1. The molecular formula is C13H17ClN4O2S. The summed E-state index contributed by atoms with van der Waals surface area (Å²) in [7, 11) is -3.54. The maximum absolute atomic E-state index is 12.4. The second-order valence-electron chi connectivity index (χ2n) is 5.13. The van der Waals surface area contributed by atoms with Crippen molar-refractivity contribution in [2.24, 2.45) is 0 Å². The summed E-state index contributed by atoms with van der Waals surface area (Å²) in [6.45, 7) is 3.26. The summed E-state index contributed by atoms with van der Waals surface area (Å²) in [4.78, 5) is 9.38. The van der Waals surface area contributed by atoms with Gasteiger partial charge in [0.25, 0.3) is 0 Å². The fraction of sp³-hybridized carbons (Fsp3) is 0.462. The first-order chi connectivity index (χ1) is 10.1. The Hall–Kier alpha value is -1.15. The summed E-state index contributed by atoms with van der Waals surface area (Å²) in [5.41, 5.74) is 0.474. The molecule has 2 aromatic rings. The molecule has 6 nitrogen and oxygen atoms in total. The SMILES string of the molecule is O=S(=O)(NCCN1CCCC1)c1c[nH]c2nc(Cl)ccc12. The molecule has 3 rings (SSSR count). The summed E-state index contributed by atoms with van der Waals surface area (Å²) in [6, 6.07) is 3.25. The summed E-state index contributed by atoms with van der Waals surface area (Å²) in [5, 5.41) is 0.878. The van der Waals surface area contributed by atoms with Crippen LogP contribution in [0.1, 0.15) is 12.8 Å². The number of pyridine rings is 1. The minimum atomic E-state index is -3.54. The van der Waals surface area contributed by atoms with Crippen molar-refractivity contribution < 1.29 is 8.42 Å². The fourth-order valence-electron chi connectivity index (χ4n) is 2.60. The number of likely N-dealkylation sites (tertiary alicyclic amines) is 1. The van der Waals surface area contributed by atoms with Crippen LogP contribution in [0.25, 0.3) is 11.0 Å². The van der Waals surface area contributed by atoms with E-state index in [0.29, 0.717) is 22.7 Å². The normalized spacial score (nSPS) is 16.8. The number of aromatic nitrogens is 2. The van der Waals surface area contributed by atoms with Crippen LogP contribution in [0.5, 0.6) is 0 Å². The van der Waals surface area contributed by atoms with Crippen molar-refractivity contribution in [3.8, 4) is 0 Å². The average Bonchev–Trinajstić information content (AvgIpc) is 3.06. The predicted molar refractivity (Wildman–Crippen MR) is 82.0 cm³/mol. The number of hydrogen-bond acceptors (Lipinski definition) is 4. The lowest BCUT2D eigenvalue weighted by molar-refractivity contribution is 0.344. The highest BCUT2D eigenvalue weighted by atomic mass is 35.5. The van der Waals surface area contributed by atoms with Gasteiger partial charge in [0.2, 0.25) is 10.0 Å². The zero-order valence-electron chi connectivity index (χ0n) is 11.5. The maximum atomic E-state index is 12.4. The van der Waals surface area contributed by atoms with E-state index < -0.39 is 10.0 Å². The molecule has 1 aliphatic heterocycles. The number of rotatable bonds is 5. The Morgan fingerprint density at radius 1 is 1.33 bits per heavy atom. The van der Waals surface area contributed by atoms with Gasteiger partial charge in [0.05, 0.1) is 0 Å². The summed E-state index contributed by atoms with van der Waals surface area (Å²) < 4.78 is 27.4. The summed E-state index contributed by atoms with van der Waals surface area (Å²) in [6.07, 6.45) is 3.84. The zero-order valence-corrected chi connectivity index (χ0v) is 13.0. The molecule has 2 N–H and O–H groups in total. The van der Waals surface area contributed by atoms with Crippen molar-refractivity contribution in [1.82, 2.24) is 19.6 Å². The lowest BCUT2D eigenvalue weighted by Crippen LogP contribution is -2.33. The smallest absolute Gasteiger partial charge is 0.242 e. The van der Waals surface area contributed by atoms with E-state index in [9.17, 15) is 8.42 Å². The first-order valence-corrected chi connectivity index (χ1v) is 8.78. The third-order valence-electron chi connectivity index (χ3n) is 3.68. The minimum absolute atomic E-state index is 0.211. The lowest BCUT2D eigenvalue weighted by atomic mass is 10.3. The van der Waals surface area contributed by atoms with Gasteiger partial charge >= 0.3 is 0 Å². The minimum Gasteiger partial charge on any atom is -0.345 e. The van der Waals surface area contributed by atoms with Crippen LogP contribution in [0, 0.1) is 0 Å². The highest BCUT2D eigenvalue weighted by Crippen LogP contribution is 2.22. The molecule has 0 radical (unpaired) electrons. The average molecular weight is 329 g/mol. The molecule has 114 valence electrons. The van der Waals surface area contributed by atoms with E-state index in [1.165, 1.54) is 19.0 Å². The molecule has 1 aliphatic rings. The molecule has 21 heavy (non-hydrogen) atoms. The van der Waals surface area contributed by atoms with Crippen LogP contribution in [0.3, 0.4) is 0 Å². The van der Waals surface area contributed by atoms with E-state index in [1.54, 1.807) is 12.1 Å². The number of nitrogens with zero attached hydrogens (tertiary/aromatic N) is 2. The van der Waals surface area contributed by atoms with Gasteiger partial charge in [-0.2, -0.15) is 0 Å². The van der Waals surface area contributed by atoms with Crippen molar-refractivity contribution in [2.45, 2.75) is 17.7 Å². The van der Waals surface area contributed by atoms with Gasteiger partial charge in [0.1, 0.15) is 15.7 Å². The number of fused-ring (bicyclic) bond motifs is 1. The van der Waals surface area contributed by atoms with E-state index in [0.717, 1.165) is 19.6 Å². The first-order valence-electron chi connectivity index (χ1n) is 6.92. The molecule has 8 heteroatoms. The van der Waals surface area contributed by atoms with E-state index in [2.05, 4.69) is 19.6 Å². The molecule has 0 saturated carbocycles. The van der Waals surface area contributed by atoms with Gasteiger partial charge in [-0.1, -0.05) is 11.6 Å². The van der Waals surface area contributed by atoms with Crippen LogP contribution in [0.15, 0.2) is 23.2 Å². The monoisotopic (exact) mass is 328 g/mol. The van der Waals surface area contributed by atoms with Crippen LogP contribution in [-0.2, 0) is 10.0 Å². The number of nitrogens with one attached hydrogen (secondary N) is 2. The molecule has 1 saturated heterocycles. The highest BCUT2D eigenvalue weighted by Gasteiger charge is 2.20. The second-order valence-corrected chi connectivity index (χ2v) is 7.25. The van der Waals surface area contributed by atoms with E-state index in [4.69, 9.17) is 11.6 Å². The Bertz CT molecular complexity index is 738. The molecule has 1 fully saturated rings. The van der Waals surface area contributed by atoms with Crippen LogP contribution in [0.4, 0.5) is 0 Å². The van der Waals surface area contributed by atoms with Gasteiger partial charge in [-0.05, 0) is 38.1 Å². The van der Waals surface area contributed by atoms with Gasteiger partial charge in [0.15, 0.2) is 0 Å². The Labute approximate surface area is 128 Å². The molecule has 0 aromatic carbocycles. The van der Waals surface area contributed by atoms with Crippen molar-refractivity contribution in [3.63, 3.8) is 0 Å². The fourth-order valence-corrected chi connectivity index (χ4v) is 3.93. The molecule has 0 unspecified atom stereocenters. The second kappa shape index (κ2) is 5.92. The van der Waals surface area contributed by atoms with Gasteiger partial charge in [0, 0.05) is 24.7 Å². The third kappa shape index (κ3) is 3.21. The van der Waals surface area contributed by atoms with Crippen LogP contribution in [0.2, 0.25) is 5.15 Å². The predicted octanol–water partition coefficient (Wildman–Crippen LogP) is 1.59. The van der Waals surface area contributed by atoms with Crippen LogP contribution < -0.4 is 4.72 Å². The number of halogens is 1. The number of aromatic amines is 1.